The summed E-state index contributed by atoms with van der Waals surface area (Å²) in [5, 5.41) is 3.70. The van der Waals surface area contributed by atoms with Crippen LogP contribution < -0.4 is 0 Å². The molecule has 2 rings (SSSR count). The van der Waals surface area contributed by atoms with Gasteiger partial charge >= 0.3 is 6.09 Å². The Morgan fingerprint density at radius 1 is 1.43 bits per heavy atom. The maximum absolute atomic E-state index is 11.4. The molecule has 1 heterocycles. The molecule has 4 nitrogen and oxygen atoms in total. The van der Waals surface area contributed by atoms with Crippen LogP contribution in [0.15, 0.2) is 12.3 Å². The molecule has 1 radical (unpaired) electrons. The maximum Gasteiger partial charge on any atom is 0.434 e. The molecule has 0 bridgehead atoms. The minimum absolute atomic E-state index is 0.0837. The van der Waals surface area contributed by atoms with Gasteiger partial charge in [-0.1, -0.05) is 6.42 Å². The molecular formula is C10H13N2O2. The first-order chi connectivity index (χ1) is 6.86. The summed E-state index contributed by atoms with van der Waals surface area (Å²) in [4.78, 5) is 11.4. The van der Waals surface area contributed by atoms with E-state index in [2.05, 4.69) is 11.3 Å². The zero-order valence-corrected chi connectivity index (χ0v) is 7.98. The standard InChI is InChI=1S/C10H13N2O2/c13-10(12-8-4-7-11-12)14-9-5-2-1-3-6-9/h4,8-9H,1-3,5-6H2. The number of carbonyl (C=O) groups excluding carboxylic acids is 1. The molecule has 1 aliphatic rings. The molecule has 1 saturated carbocycles. The molecule has 1 aliphatic carbocycles. The van der Waals surface area contributed by atoms with Gasteiger partial charge in [-0.05, 0) is 31.7 Å². The molecule has 0 spiro atoms. The number of aromatic nitrogens is 2. The molecular weight excluding hydrogens is 180 g/mol. The van der Waals surface area contributed by atoms with E-state index >= 15 is 0 Å². The predicted molar refractivity (Wildman–Crippen MR) is 49.8 cm³/mol. The van der Waals surface area contributed by atoms with Crippen LogP contribution in [0.3, 0.4) is 0 Å². The van der Waals surface area contributed by atoms with Crippen LogP contribution in [0.25, 0.3) is 0 Å². The molecule has 75 valence electrons. The van der Waals surface area contributed by atoms with Gasteiger partial charge in [-0.15, -0.1) is 0 Å². The quantitative estimate of drug-likeness (QED) is 0.685. The van der Waals surface area contributed by atoms with Crippen molar-refractivity contribution in [1.82, 2.24) is 9.78 Å². The second kappa shape index (κ2) is 4.26. The fourth-order valence-electron chi connectivity index (χ4n) is 1.71. The Morgan fingerprint density at radius 2 is 2.21 bits per heavy atom. The van der Waals surface area contributed by atoms with E-state index in [0.717, 1.165) is 25.7 Å². The van der Waals surface area contributed by atoms with Crippen LogP contribution in [0.4, 0.5) is 4.79 Å². The molecule has 4 heteroatoms. The van der Waals surface area contributed by atoms with Gasteiger partial charge in [0.05, 0.1) is 0 Å². The molecule has 1 fully saturated rings. The van der Waals surface area contributed by atoms with Crippen molar-refractivity contribution in [2.45, 2.75) is 38.2 Å². The monoisotopic (exact) mass is 193 g/mol. The van der Waals surface area contributed by atoms with E-state index < -0.39 is 6.09 Å². The van der Waals surface area contributed by atoms with Gasteiger partial charge in [0.15, 0.2) is 0 Å². The smallest absolute Gasteiger partial charge is 0.434 e. The first kappa shape index (κ1) is 9.24. The van der Waals surface area contributed by atoms with Crippen molar-refractivity contribution in [1.29, 1.82) is 0 Å². The third-order valence-corrected chi connectivity index (χ3v) is 2.46. The highest BCUT2D eigenvalue weighted by atomic mass is 16.6. The van der Waals surface area contributed by atoms with Gasteiger partial charge < -0.3 is 4.74 Å². The van der Waals surface area contributed by atoms with Crippen LogP contribution in [0.1, 0.15) is 32.1 Å². The van der Waals surface area contributed by atoms with Crippen molar-refractivity contribution in [2.75, 3.05) is 0 Å². The lowest BCUT2D eigenvalue weighted by Gasteiger charge is -2.21. The van der Waals surface area contributed by atoms with Crippen molar-refractivity contribution in [2.24, 2.45) is 0 Å². The molecule has 0 atom stereocenters. The van der Waals surface area contributed by atoms with E-state index in [1.54, 1.807) is 12.3 Å². The average molecular weight is 193 g/mol. The van der Waals surface area contributed by atoms with Crippen LogP contribution in [-0.4, -0.2) is 22.0 Å². The zero-order chi connectivity index (χ0) is 9.80. The summed E-state index contributed by atoms with van der Waals surface area (Å²) < 4.78 is 6.45. The summed E-state index contributed by atoms with van der Waals surface area (Å²) in [7, 11) is 0. The molecule has 0 N–H and O–H groups in total. The number of ether oxygens (including phenoxy) is 1. The van der Waals surface area contributed by atoms with Gasteiger partial charge in [0.1, 0.15) is 12.3 Å². The second-order valence-corrected chi connectivity index (χ2v) is 3.53. The summed E-state index contributed by atoms with van der Waals surface area (Å²) in [5.41, 5.74) is 0. The molecule has 1 aromatic heterocycles. The lowest BCUT2D eigenvalue weighted by molar-refractivity contribution is 0.0741. The Kier molecular flexibility index (Phi) is 2.81. The lowest BCUT2D eigenvalue weighted by atomic mass is 9.98. The van der Waals surface area contributed by atoms with Gasteiger partial charge in [-0.25, -0.2) is 4.79 Å². The molecule has 14 heavy (non-hydrogen) atoms. The minimum Gasteiger partial charge on any atom is -0.445 e. The van der Waals surface area contributed by atoms with Crippen molar-refractivity contribution >= 4 is 6.09 Å². The van der Waals surface area contributed by atoms with Crippen molar-refractivity contribution in [3.05, 3.63) is 18.5 Å². The molecule has 1 aromatic rings. The Hall–Kier alpha value is -1.32. The van der Waals surface area contributed by atoms with E-state index in [1.807, 2.05) is 0 Å². The molecule has 0 saturated heterocycles. The normalized spacial score (nSPS) is 18.0. The van der Waals surface area contributed by atoms with Gasteiger partial charge in [-0.3, -0.25) is 0 Å². The number of hydrogen-bond donors (Lipinski definition) is 0. The molecule has 0 unspecified atom stereocenters. The van der Waals surface area contributed by atoms with Crippen molar-refractivity contribution in [3.63, 3.8) is 0 Å². The van der Waals surface area contributed by atoms with Crippen LogP contribution in [0.5, 0.6) is 0 Å². The Balaban J connectivity index is 1.87. The maximum atomic E-state index is 11.4. The number of carbonyl (C=O) groups is 1. The largest absolute Gasteiger partial charge is 0.445 e. The summed E-state index contributed by atoms with van der Waals surface area (Å²) >= 11 is 0. The lowest BCUT2D eigenvalue weighted by Crippen LogP contribution is -2.24. The van der Waals surface area contributed by atoms with Gasteiger partial charge in [0.2, 0.25) is 0 Å². The van der Waals surface area contributed by atoms with Crippen LogP contribution in [-0.2, 0) is 4.74 Å². The third kappa shape index (κ3) is 2.13. The van der Waals surface area contributed by atoms with Crippen molar-refractivity contribution in [3.8, 4) is 0 Å². The molecule has 0 aliphatic heterocycles. The first-order valence-corrected chi connectivity index (χ1v) is 4.99. The Labute approximate surface area is 82.9 Å². The number of rotatable bonds is 1. The highest BCUT2D eigenvalue weighted by molar-refractivity contribution is 5.69. The van der Waals surface area contributed by atoms with E-state index in [1.165, 1.54) is 11.1 Å². The Morgan fingerprint density at radius 3 is 2.86 bits per heavy atom. The first-order valence-electron chi connectivity index (χ1n) is 4.99. The SMILES string of the molecule is O=C(OC1CCCCC1)n1cc[c]n1. The van der Waals surface area contributed by atoms with Gasteiger partial charge in [0.25, 0.3) is 0 Å². The second-order valence-electron chi connectivity index (χ2n) is 3.53. The third-order valence-electron chi connectivity index (χ3n) is 2.46. The van der Waals surface area contributed by atoms with Crippen molar-refractivity contribution < 1.29 is 9.53 Å². The Bertz CT molecular complexity index is 289. The average Bonchev–Trinajstić information content (AvgIpc) is 2.72. The van der Waals surface area contributed by atoms with Gasteiger partial charge in [-0.2, -0.15) is 9.78 Å². The van der Waals surface area contributed by atoms with E-state index in [0.29, 0.717) is 0 Å². The number of hydrogen-bond acceptors (Lipinski definition) is 3. The number of nitrogens with zero attached hydrogens (tertiary/aromatic N) is 2. The summed E-state index contributed by atoms with van der Waals surface area (Å²) in [6, 6.07) is 1.59. The highest BCUT2D eigenvalue weighted by Gasteiger charge is 2.18. The van der Waals surface area contributed by atoms with Gasteiger partial charge in [0, 0.05) is 6.20 Å². The summed E-state index contributed by atoms with van der Waals surface area (Å²) in [6.07, 6.45) is 9.33. The summed E-state index contributed by atoms with van der Waals surface area (Å²) in [6.45, 7) is 0. The van der Waals surface area contributed by atoms with Crippen LogP contribution in [0, 0.1) is 6.20 Å². The topological polar surface area (TPSA) is 44.1 Å². The minimum atomic E-state index is -0.391. The highest BCUT2D eigenvalue weighted by Crippen LogP contribution is 2.20. The summed E-state index contributed by atoms with van der Waals surface area (Å²) in [5.74, 6) is 0. The fourth-order valence-corrected chi connectivity index (χ4v) is 1.71. The van der Waals surface area contributed by atoms with E-state index in [4.69, 9.17) is 4.74 Å². The molecule has 0 aromatic carbocycles. The van der Waals surface area contributed by atoms with Crippen LogP contribution >= 0.6 is 0 Å². The predicted octanol–water partition coefficient (Wildman–Crippen LogP) is 2.00. The molecule has 0 amide bonds. The van der Waals surface area contributed by atoms with Crippen LogP contribution in [0.2, 0.25) is 0 Å². The van der Waals surface area contributed by atoms with E-state index in [-0.39, 0.29) is 6.10 Å². The zero-order valence-electron chi connectivity index (χ0n) is 7.98. The van der Waals surface area contributed by atoms with E-state index in [9.17, 15) is 4.79 Å². The fraction of sp³-hybridized carbons (Fsp3) is 0.600.